The molecule has 0 unspecified atom stereocenters. The van der Waals surface area contributed by atoms with Gasteiger partial charge < -0.3 is 15.5 Å². The number of esters is 1. The minimum absolute atomic E-state index is 0.380. The molecular formula is C12H14N2O2. The number of hydrogen-bond donors (Lipinski definition) is 2. The van der Waals surface area contributed by atoms with E-state index in [0.717, 1.165) is 16.5 Å². The molecule has 2 aromatic rings. The summed E-state index contributed by atoms with van der Waals surface area (Å²) < 4.78 is 4.59. The summed E-state index contributed by atoms with van der Waals surface area (Å²) in [7, 11) is 1.34. The molecule has 1 atom stereocenters. The van der Waals surface area contributed by atoms with Crippen LogP contribution in [-0.4, -0.2) is 24.1 Å². The summed E-state index contributed by atoms with van der Waals surface area (Å²) in [6.07, 6.45) is 2.38. The number of nitrogens with two attached hydrogens (primary N) is 1. The number of aromatic nitrogens is 1. The number of hydrogen-bond acceptors (Lipinski definition) is 3. The summed E-state index contributed by atoms with van der Waals surface area (Å²) in [5, 5.41) is 1.12. The molecule has 0 radical (unpaired) electrons. The quantitative estimate of drug-likeness (QED) is 0.761. The Morgan fingerprint density at radius 3 is 3.06 bits per heavy atom. The Bertz CT molecular complexity index is 504. The first kappa shape index (κ1) is 10.7. The van der Waals surface area contributed by atoms with Crippen molar-refractivity contribution in [3.63, 3.8) is 0 Å². The number of carbonyl (C=O) groups excluding carboxylic acids is 1. The van der Waals surface area contributed by atoms with Crippen LogP contribution in [0.1, 0.15) is 5.56 Å². The van der Waals surface area contributed by atoms with Crippen LogP contribution < -0.4 is 5.73 Å². The number of rotatable bonds is 3. The van der Waals surface area contributed by atoms with Gasteiger partial charge in [-0.1, -0.05) is 6.07 Å². The van der Waals surface area contributed by atoms with Crippen molar-refractivity contribution in [2.24, 2.45) is 5.73 Å². The number of benzene rings is 1. The van der Waals surface area contributed by atoms with Crippen LogP contribution in [0, 0.1) is 0 Å². The third-order valence-corrected chi connectivity index (χ3v) is 2.58. The summed E-state index contributed by atoms with van der Waals surface area (Å²) in [5.74, 6) is -0.380. The molecule has 4 heteroatoms. The van der Waals surface area contributed by atoms with E-state index in [1.54, 1.807) is 0 Å². The number of aromatic amines is 1. The van der Waals surface area contributed by atoms with Gasteiger partial charge in [-0.05, 0) is 35.6 Å². The third-order valence-electron chi connectivity index (χ3n) is 2.58. The smallest absolute Gasteiger partial charge is 0.322 e. The highest BCUT2D eigenvalue weighted by Gasteiger charge is 2.14. The van der Waals surface area contributed by atoms with Crippen molar-refractivity contribution in [1.29, 1.82) is 0 Å². The number of carbonyl (C=O) groups is 1. The Hall–Kier alpha value is -1.81. The molecule has 2 rings (SSSR count). The molecule has 0 saturated carbocycles. The zero-order valence-electron chi connectivity index (χ0n) is 9.07. The van der Waals surface area contributed by atoms with Crippen LogP contribution in [0.2, 0.25) is 0 Å². The Balaban J connectivity index is 2.17. The first-order valence-corrected chi connectivity index (χ1v) is 5.10. The normalized spacial score (nSPS) is 12.6. The predicted octanol–water partition coefficient (Wildman–Crippen LogP) is 1.21. The van der Waals surface area contributed by atoms with Crippen molar-refractivity contribution < 1.29 is 9.53 Å². The lowest BCUT2D eigenvalue weighted by atomic mass is 10.1. The van der Waals surface area contributed by atoms with Gasteiger partial charge in [-0.25, -0.2) is 0 Å². The third kappa shape index (κ3) is 2.06. The van der Waals surface area contributed by atoms with Gasteiger partial charge in [0.15, 0.2) is 0 Å². The number of nitrogens with one attached hydrogen (secondary N) is 1. The lowest BCUT2D eigenvalue weighted by Crippen LogP contribution is -2.33. The lowest BCUT2D eigenvalue weighted by Gasteiger charge is -2.08. The van der Waals surface area contributed by atoms with E-state index in [1.807, 2.05) is 30.5 Å². The molecule has 1 heterocycles. The highest BCUT2D eigenvalue weighted by Crippen LogP contribution is 2.15. The Kier molecular flexibility index (Phi) is 2.92. The van der Waals surface area contributed by atoms with Crippen molar-refractivity contribution in [3.05, 3.63) is 36.0 Å². The van der Waals surface area contributed by atoms with Gasteiger partial charge in [0.2, 0.25) is 0 Å². The maximum Gasteiger partial charge on any atom is 0.322 e. The topological polar surface area (TPSA) is 68.1 Å². The van der Waals surface area contributed by atoms with Crippen LogP contribution in [0.4, 0.5) is 0 Å². The van der Waals surface area contributed by atoms with Crippen molar-refractivity contribution in [3.8, 4) is 0 Å². The molecule has 4 nitrogen and oxygen atoms in total. The summed E-state index contributed by atoms with van der Waals surface area (Å²) in [5.41, 5.74) is 7.81. The van der Waals surface area contributed by atoms with E-state index in [1.165, 1.54) is 7.11 Å². The van der Waals surface area contributed by atoms with Gasteiger partial charge in [-0.3, -0.25) is 4.79 Å². The molecular weight excluding hydrogens is 204 g/mol. The van der Waals surface area contributed by atoms with Gasteiger partial charge in [-0.15, -0.1) is 0 Å². The van der Waals surface area contributed by atoms with Gasteiger partial charge in [0, 0.05) is 11.7 Å². The van der Waals surface area contributed by atoms with Gasteiger partial charge in [-0.2, -0.15) is 0 Å². The van der Waals surface area contributed by atoms with E-state index >= 15 is 0 Å². The molecule has 0 spiro atoms. The van der Waals surface area contributed by atoms with Crippen LogP contribution in [0.15, 0.2) is 30.5 Å². The van der Waals surface area contributed by atoms with Gasteiger partial charge in [0.1, 0.15) is 6.04 Å². The van der Waals surface area contributed by atoms with Crippen LogP contribution in [-0.2, 0) is 16.0 Å². The fraction of sp³-hybridized carbons (Fsp3) is 0.250. The lowest BCUT2D eigenvalue weighted by molar-refractivity contribution is -0.142. The summed E-state index contributed by atoms with van der Waals surface area (Å²) in [6.45, 7) is 0. The monoisotopic (exact) mass is 218 g/mol. The molecule has 0 fully saturated rings. The van der Waals surface area contributed by atoms with E-state index in [-0.39, 0.29) is 5.97 Å². The van der Waals surface area contributed by atoms with Gasteiger partial charge in [0.05, 0.1) is 7.11 Å². The second-order valence-electron chi connectivity index (χ2n) is 3.73. The average Bonchev–Trinajstić information content (AvgIpc) is 2.75. The van der Waals surface area contributed by atoms with Gasteiger partial charge in [0.25, 0.3) is 0 Å². The molecule has 0 aliphatic carbocycles. The van der Waals surface area contributed by atoms with Crippen LogP contribution in [0.5, 0.6) is 0 Å². The standard InChI is InChI=1S/C12H14N2O2/c1-16-12(15)10(13)7-8-2-3-11-9(6-8)4-5-14-11/h2-6,10,14H,7,13H2,1H3/t10-/m1/s1. The Labute approximate surface area is 93.4 Å². The Morgan fingerprint density at radius 2 is 2.31 bits per heavy atom. The van der Waals surface area contributed by atoms with Crippen molar-refractivity contribution in [2.75, 3.05) is 7.11 Å². The number of ether oxygens (including phenoxy) is 1. The van der Waals surface area contributed by atoms with E-state index in [9.17, 15) is 4.79 Å². The van der Waals surface area contributed by atoms with E-state index in [0.29, 0.717) is 6.42 Å². The first-order valence-electron chi connectivity index (χ1n) is 5.10. The molecule has 84 valence electrons. The number of H-pyrrole nitrogens is 1. The van der Waals surface area contributed by atoms with Crippen molar-refractivity contribution in [2.45, 2.75) is 12.5 Å². The first-order chi connectivity index (χ1) is 7.70. The van der Waals surface area contributed by atoms with Gasteiger partial charge >= 0.3 is 5.97 Å². The molecule has 1 aromatic carbocycles. The largest absolute Gasteiger partial charge is 0.468 e. The predicted molar refractivity (Wildman–Crippen MR) is 62.0 cm³/mol. The van der Waals surface area contributed by atoms with E-state index in [2.05, 4.69) is 9.72 Å². The Morgan fingerprint density at radius 1 is 1.50 bits per heavy atom. The average molecular weight is 218 g/mol. The van der Waals surface area contributed by atoms with Crippen LogP contribution >= 0.6 is 0 Å². The molecule has 16 heavy (non-hydrogen) atoms. The van der Waals surface area contributed by atoms with Crippen LogP contribution in [0.25, 0.3) is 10.9 Å². The molecule has 3 N–H and O–H groups in total. The fourth-order valence-electron chi connectivity index (χ4n) is 1.72. The maximum atomic E-state index is 11.2. The molecule has 0 amide bonds. The molecule has 0 aliphatic rings. The maximum absolute atomic E-state index is 11.2. The molecule has 1 aromatic heterocycles. The molecule has 0 bridgehead atoms. The molecule has 0 saturated heterocycles. The van der Waals surface area contributed by atoms with Crippen LogP contribution in [0.3, 0.4) is 0 Å². The highest BCUT2D eigenvalue weighted by molar-refractivity contribution is 5.80. The molecule has 0 aliphatic heterocycles. The van der Waals surface area contributed by atoms with Crippen molar-refractivity contribution in [1.82, 2.24) is 4.98 Å². The minimum Gasteiger partial charge on any atom is -0.468 e. The highest BCUT2D eigenvalue weighted by atomic mass is 16.5. The zero-order valence-corrected chi connectivity index (χ0v) is 9.07. The van der Waals surface area contributed by atoms with E-state index < -0.39 is 6.04 Å². The zero-order chi connectivity index (χ0) is 11.5. The van der Waals surface area contributed by atoms with E-state index in [4.69, 9.17) is 5.73 Å². The second kappa shape index (κ2) is 4.37. The van der Waals surface area contributed by atoms with Crippen molar-refractivity contribution >= 4 is 16.9 Å². The SMILES string of the molecule is COC(=O)[C@H](N)Cc1ccc2[nH]ccc2c1. The number of methoxy groups -OCH3 is 1. The second-order valence-corrected chi connectivity index (χ2v) is 3.73. The minimum atomic E-state index is -0.596. The fourth-order valence-corrected chi connectivity index (χ4v) is 1.72. The summed E-state index contributed by atoms with van der Waals surface area (Å²) in [4.78, 5) is 14.3. The summed E-state index contributed by atoms with van der Waals surface area (Å²) in [6, 6.07) is 7.36. The number of fused-ring (bicyclic) bond motifs is 1. The summed E-state index contributed by atoms with van der Waals surface area (Å²) >= 11 is 0.